The smallest absolute Gasteiger partial charge is 0.306 e. The molecule has 1 atom stereocenters. The van der Waals surface area contributed by atoms with Gasteiger partial charge < -0.3 is 14.2 Å². The molecule has 0 heterocycles. The molecule has 1 unspecified atom stereocenters. The van der Waals surface area contributed by atoms with Crippen molar-refractivity contribution >= 4 is 17.9 Å². The molecule has 0 aromatic heterocycles. The third-order valence-corrected chi connectivity index (χ3v) is 9.79. The largest absolute Gasteiger partial charge is 0.462 e. The van der Waals surface area contributed by atoms with Crippen LogP contribution in [0.5, 0.6) is 0 Å². The summed E-state index contributed by atoms with van der Waals surface area (Å²) in [6, 6.07) is 0. The summed E-state index contributed by atoms with van der Waals surface area (Å²) in [5.41, 5.74) is 0. The van der Waals surface area contributed by atoms with Gasteiger partial charge in [-0.1, -0.05) is 209 Å². The van der Waals surface area contributed by atoms with E-state index in [4.69, 9.17) is 14.2 Å². The number of ether oxygens (including phenoxy) is 3. The molecule has 0 radical (unpaired) electrons. The van der Waals surface area contributed by atoms with E-state index in [9.17, 15) is 14.4 Å². The molecule has 0 rings (SSSR count). The monoisotopic (exact) mass is 795 g/mol. The summed E-state index contributed by atoms with van der Waals surface area (Å²) < 4.78 is 16.7. The van der Waals surface area contributed by atoms with Gasteiger partial charge in [0.25, 0.3) is 0 Å². The molecule has 0 aliphatic rings. The van der Waals surface area contributed by atoms with Crippen LogP contribution in [0, 0.1) is 0 Å². The van der Waals surface area contributed by atoms with E-state index in [0.717, 1.165) is 77.0 Å². The number of rotatable bonds is 41. The van der Waals surface area contributed by atoms with Gasteiger partial charge in [-0.15, -0.1) is 0 Å². The van der Waals surface area contributed by atoms with Crippen molar-refractivity contribution in [2.24, 2.45) is 0 Å². The van der Waals surface area contributed by atoms with Gasteiger partial charge in [-0.2, -0.15) is 0 Å². The van der Waals surface area contributed by atoms with E-state index in [0.29, 0.717) is 25.7 Å². The van der Waals surface area contributed by atoms with Crippen molar-refractivity contribution in [3.8, 4) is 0 Å². The molecule has 326 valence electrons. The van der Waals surface area contributed by atoms with Gasteiger partial charge in [-0.3, -0.25) is 14.4 Å². The van der Waals surface area contributed by atoms with Crippen LogP contribution in [-0.2, 0) is 28.6 Å². The van der Waals surface area contributed by atoms with Crippen LogP contribution in [0.3, 0.4) is 0 Å². The normalized spacial score (nSPS) is 12.7. The quantitative estimate of drug-likeness (QED) is 0.0202. The first-order chi connectivity index (χ1) is 28.0. The van der Waals surface area contributed by atoms with E-state index in [1.54, 1.807) is 0 Å². The molecule has 0 aromatic rings. The second-order valence-electron chi connectivity index (χ2n) is 15.4. The molecule has 0 aliphatic carbocycles. The number of allylic oxidation sites excluding steroid dienone is 12. The lowest BCUT2D eigenvalue weighted by molar-refractivity contribution is -0.167. The Balaban J connectivity index is 4.42. The lowest BCUT2D eigenvalue weighted by Crippen LogP contribution is -2.30. The van der Waals surface area contributed by atoms with E-state index in [2.05, 4.69) is 63.3 Å². The summed E-state index contributed by atoms with van der Waals surface area (Å²) >= 11 is 0. The van der Waals surface area contributed by atoms with Gasteiger partial charge in [0.2, 0.25) is 0 Å². The van der Waals surface area contributed by atoms with Crippen molar-refractivity contribution in [1.82, 2.24) is 0 Å². The first-order valence-corrected chi connectivity index (χ1v) is 23.5. The summed E-state index contributed by atoms with van der Waals surface area (Å²) in [4.78, 5) is 37.7. The van der Waals surface area contributed by atoms with Crippen LogP contribution in [-0.4, -0.2) is 37.2 Å². The van der Waals surface area contributed by atoms with E-state index in [-0.39, 0.29) is 31.1 Å². The Kier molecular flexibility index (Phi) is 43.0. The molecule has 6 heteroatoms. The summed E-state index contributed by atoms with van der Waals surface area (Å²) in [6.45, 7) is 6.45. The maximum atomic E-state index is 12.7. The van der Waals surface area contributed by atoms with E-state index in [1.165, 1.54) is 89.9 Å². The molecular formula is C51H86O6. The van der Waals surface area contributed by atoms with Crippen LogP contribution in [0.4, 0.5) is 0 Å². The zero-order valence-electron chi connectivity index (χ0n) is 37.1. The topological polar surface area (TPSA) is 78.9 Å². The van der Waals surface area contributed by atoms with Gasteiger partial charge in [-0.05, 0) is 57.8 Å². The van der Waals surface area contributed by atoms with Crippen molar-refractivity contribution in [3.05, 3.63) is 72.9 Å². The third-order valence-electron chi connectivity index (χ3n) is 9.79. The third kappa shape index (κ3) is 43.8. The molecule has 0 aromatic carbocycles. The summed E-state index contributed by atoms with van der Waals surface area (Å²) in [6.07, 6.45) is 56.0. The first-order valence-electron chi connectivity index (χ1n) is 23.5. The summed E-state index contributed by atoms with van der Waals surface area (Å²) in [5, 5.41) is 0. The molecule has 0 amide bonds. The zero-order chi connectivity index (χ0) is 41.5. The Morgan fingerprint density at radius 1 is 0.351 bits per heavy atom. The number of hydrogen-bond donors (Lipinski definition) is 0. The minimum absolute atomic E-state index is 0.0965. The molecule has 0 fully saturated rings. The van der Waals surface area contributed by atoms with Gasteiger partial charge >= 0.3 is 17.9 Å². The van der Waals surface area contributed by atoms with Crippen molar-refractivity contribution < 1.29 is 28.6 Å². The minimum Gasteiger partial charge on any atom is -0.462 e. The highest BCUT2D eigenvalue weighted by Crippen LogP contribution is 2.14. The summed E-state index contributed by atoms with van der Waals surface area (Å²) in [5.74, 6) is -0.958. The lowest BCUT2D eigenvalue weighted by Gasteiger charge is -2.18. The number of hydrogen-bond acceptors (Lipinski definition) is 6. The van der Waals surface area contributed by atoms with E-state index in [1.807, 2.05) is 30.4 Å². The van der Waals surface area contributed by atoms with Crippen LogP contribution < -0.4 is 0 Å². The fraction of sp³-hybridized carbons (Fsp3) is 0.706. The Morgan fingerprint density at radius 2 is 0.702 bits per heavy atom. The van der Waals surface area contributed by atoms with Gasteiger partial charge in [0.15, 0.2) is 6.10 Å². The average molecular weight is 795 g/mol. The van der Waals surface area contributed by atoms with E-state index >= 15 is 0 Å². The maximum absolute atomic E-state index is 12.7. The fourth-order valence-corrected chi connectivity index (χ4v) is 6.24. The molecule has 0 N–H and O–H groups in total. The highest BCUT2D eigenvalue weighted by Gasteiger charge is 2.19. The second-order valence-corrected chi connectivity index (χ2v) is 15.4. The van der Waals surface area contributed by atoms with Gasteiger partial charge in [-0.25, -0.2) is 0 Å². The Labute approximate surface area is 351 Å². The van der Waals surface area contributed by atoms with Crippen molar-refractivity contribution in [2.45, 2.75) is 219 Å². The molecule has 0 bridgehead atoms. The van der Waals surface area contributed by atoms with Gasteiger partial charge in [0.05, 0.1) is 0 Å². The molecule has 57 heavy (non-hydrogen) atoms. The number of esters is 3. The average Bonchev–Trinajstić information content (AvgIpc) is 3.21. The number of carbonyl (C=O) groups is 3. The van der Waals surface area contributed by atoms with E-state index < -0.39 is 6.10 Å². The standard InChI is InChI=1S/C51H86O6/c1-4-7-10-13-16-19-21-23-24-25-26-27-28-30-32-35-38-41-44-50(53)56-47-48(46-55-49(52)43-40-37-34-31-18-15-12-9-6-3)57-51(54)45-42-39-36-33-29-22-20-17-14-11-8-5-2/h10,13,16,19,21,23-27,31,34,48H,4-9,11-12,14-15,17-18,20,22,28-30,32-33,35-47H2,1-3H3/b13-10-,19-16-,23-21-,25-24-,27-26-,34-31-. The number of unbranched alkanes of at least 4 members (excludes halogenated alkanes) is 22. The molecular weight excluding hydrogens is 709 g/mol. The highest BCUT2D eigenvalue weighted by atomic mass is 16.6. The van der Waals surface area contributed by atoms with Crippen LogP contribution in [0.25, 0.3) is 0 Å². The maximum Gasteiger partial charge on any atom is 0.306 e. The van der Waals surface area contributed by atoms with Gasteiger partial charge in [0.1, 0.15) is 13.2 Å². The summed E-state index contributed by atoms with van der Waals surface area (Å²) in [7, 11) is 0. The Hall–Kier alpha value is -3.15. The first kappa shape index (κ1) is 53.9. The molecule has 0 aliphatic heterocycles. The van der Waals surface area contributed by atoms with Crippen molar-refractivity contribution in [1.29, 1.82) is 0 Å². The number of carbonyl (C=O) groups excluding carboxylic acids is 3. The lowest BCUT2D eigenvalue weighted by atomic mass is 10.0. The second kappa shape index (κ2) is 45.6. The molecule has 6 nitrogen and oxygen atoms in total. The van der Waals surface area contributed by atoms with Crippen molar-refractivity contribution in [2.75, 3.05) is 13.2 Å². The van der Waals surface area contributed by atoms with Crippen LogP contribution in [0.15, 0.2) is 72.9 Å². The Bertz CT molecular complexity index is 1100. The molecule has 0 spiro atoms. The minimum atomic E-state index is -0.792. The molecule has 0 saturated heterocycles. The van der Waals surface area contributed by atoms with Crippen LogP contribution in [0.1, 0.15) is 213 Å². The fourth-order valence-electron chi connectivity index (χ4n) is 6.24. The predicted octanol–water partition coefficient (Wildman–Crippen LogP) is 15.1. The van der Waals surface area contributed by atoms with Gasteiger partial charge in [0, 0.05) is 19.3 Å². The zero-order valence-corrected chi connectivity index (χ0v) is 37.1. The SMILES string of the molecule is CCC\C=C/C=C\C=C/C=C\C=C/CCCCCCCC(=O)OCC(COC(=O)CCC/C=C\CCCCCC)OC(=O)CCCCCCCCCCCCCC. The highest BCUT2D eigenvalue weighted by molar-refractivity contribution is 5.71. The van der Waals surface area contributed by atoms with Crippen LogP contribution >= 0.6 is 0 Å². The predicted molar refractivity (Wildman–Crippen MR) is 242 cm³/mol. The molecule has 0 saturated carbocycles. The van der Waals surface area contributed by atoms with Crippen molar-refractivity contribution in [3.63, 3.8) is 0 Å². The van der Waals surface area contributed by atoms with Crippen LogP contribution in [0.2, 0.25) is 0 Å². The Morgan fingerprint density at radius 3 is 1.19 bits per heavy atom.